The smallest absolute Gasteiger partial charge is 0.308 e. The molecular weight excluding hydrogens is 476 g/mol. The second kappa shape index (κ2) is 11.9. The van der Waals surface area contributed by atoms with Gasteiger partial charge in [0.05, 0.1) is 7.11 Å². The molecule has 0 atom stereocenters. The number of hydrogen-bond acceptors (Lipinski definition) is 5. The zero-order valence-electron chi connectivity index (χ0n) is 22.9. The molecule has 0 heterocycles. The van der Waals surface area contributed by atoms with Crippen molar-refractivity contribution in [2.24, 2.45) is 0 Å². The van der Waals surface area contributed by atoms with Gasteiger partial charge < -0.3 is 19.7 Å². The van der Waals surface area contributed by atoms with Gasteiger partial charge in [0.1, 0.15) is 23.0 Å². The van der Waals surface area contributed by atoms with Gasteiger partial charge in [-0.15, -0.1) is 0 Å². The minimum atomic E-state index is -0.308. The Balaban J connectivity index is 0.000000215. The van der Waals surface area contributed by atoms with E-state index in [1.165, 1.54) is 12.5 Å². The van der Waals surface area contributed by atoms with Gasteiger partial charge in [-0.1, -0.05) is 76.2 Å². The Morgan fingerprint density at radius 3 is 1.13 bits per heavy atom. The first-order valence-corrected chi connectivity index (χ1v) is 12.5. The highest BCUT2D eigenvalue weighted by Crippen LogP contribution is 2.34. The standard InChI is InChI=1S/C18H20O3.C15H16O2/c1-13(19)21-17-11-7-15(8-12-17)18(2,3)14-5-9-16(20-4)10-6-14;1-15(2,11-3-7-13(16)8-4-11)12-5-9-14(17)10-6-12/h5-12H,1-4H3;3-10,16-17H,1-2H3. The fourth-order valence-corrected chi connectivity index (χ4v) is 4.20. The Kier molecular flexibility index (Phi) is 8.84. The van der Waals surface area contributed by atoms with Crippen molar-refractivity contribution in [3.63, 3.8) is 0 Å². The molecule has 0 aliphatic rings. The number of methoxy groups -OCH3 is 1. The van der Waals surface area contributed by atoms with E-state index >= 15 is 0 Å². The van der Waals surface area contributed by atoms with Crippen molar-refractivity contribution in [2.75, 3.05) is 7.11 Å². The van der Waals surface area contributed by atoms with Gasteiger partial charge in [0.2, 0.25) is 0 Å². The lowest BCUT2D eigenvalue weighted by Gasteiger charge is -2.26. The van der Waals surface area contributed by atoms with Crippen LogP contribution in [0, 0.1) is 0 Å². The molecule has 4 rings (SSSR count). The second-order valence-corrected chi connectivity index (χ2v) is 10.2. The van der Waals surface area contributed by atoms with Crippen molar-refractivity contribution in [1.82, 2.24) is 0 Å². The molecule has 0 amide bonds. The van der Waals surface area contributed by atoms with Gasteiger partial charge in [-0.05, 0) is 70.8 Å². The number of aromatic hydroxyl groups is 2. The van der Waals surface area contributed by atoms with Crippen LogP contribution in [0.4, 0.5) is 0 Å². The number of hydrogen-bond donors (Lipinski definition) is 2. The first-order chi connectivity index (χ1) is 17.9. The molecule has 0 aromatic heterocycles. The van der Waals surface area contributed by atoms with Crippen LogP contribution in [0.2, 0.25) is 0 Å². The van der Waals surface area contributed by atoms with E-state index in [1.54, 1.807) is 31.4 Å². The number of esters is 1. The van der Waals surface area contributed by atoms with Crippen LogP contribution in [-0.4, -0.2) is 23.3 Å². The summed E-state index contributed by atoms with van der Waals surface area (Å²) in [5.41, 5.74) is 4.32. The molecule has 0 saturated heterocycles. The zero-order chi connectivity index (χ0) is 27.9. The van der Waals surface area contributed by atoms with Crippen LogP contribution in [0.25, 0.3) is 0 Å². The predicted octanol–water partition coefficient (Wildman–Crippen LogP) is 7.37. The Labute approximate surface area is 225 Å². The van der Waals surface area contributed by atoms with E-state index < -0.39 is 0 Å². The molecule has 0 aliphatic heterocycles. The molecular formula is C33H36O5. The number of carbonyl (C=O) groups excluding carboxylic acids is 1. The van der Waals surface area contributed by atoms with E-state index in [0.29, 0.717) is 5.75 Å². The van der Waals surface area contributed by atoms with Gasteiger partial charge in [0, 0.05) is 17.8 Å². The maximum Gasteiger partial charge on any atom is 0.308 e. The Morgan fingerprint density at radius 2 is 0.842 bits per heavy atom. The lowest BCUT2D eigenvalue weighted by molar-refractivity contribution is -0.131. The van der Waals surface area contributed by atoms with E-state index in [4.69, 9.17) is 9.47 Å². The average Bonchev–Trinajstić information content (AvgIpc) is 2.89. The summed E-state index contributed by atoms with van der Waals surface area (Å²) >= 11 is 0. The molecule has 198 valence electrons. The molecule has 0 unspecified atom stereocenters. The summed E-state index contributed by atoms with van der Waals surface area (Å²) in [6.07, 6.45) is 0. The summed E-state index contributed by atoms with van der Waals surface area (Å²) in [4.78, 5) is 10.9. The second-order valence-electron chi connectivity index (χ2n) is 10.2. The molecule has 0 bridgehead atoms. The van der Waals surface area contributed by atoms with Crippen molar-refractivity contribution >= 4 is 5.97 Å². The highest BCUT2D eigenvalue weighted by molar-refractivity contribution is 5.69. The van der Waals surface area contributed by atoms with E-state index in [-0.39, 0.29) is 28.3 Å². The van der Waals surface area contributed by atoms with Crippen LogP contribution in [0.15, 0.2) is 97.1 Å². The summed E-state index contributed by atoms with van der Waals surface area (Å²) in [5.74, 6) is 1.65. The third-order valence-corrected chi connectivity index (χ3v) is 6.83. The molecule has 5 heteroatoms. The lowest BCUT2D eigenvalue weighted by Crippen LogP contribution is -2.18. The quantitative estimate of drug-likeness (QED) is 0.208. The summed E-state index contributed by atoms with van der Waals surface area (Å²) in [6, 6.07) is 30.1. The molecule has 0 saturated carbocycles. The van der Waals surface area contributed by atoms with Crippen molar-refractivity contribution in [2.45, 2.75) is 45.4 Å². The lowest BCUT2D eigenvalue weighted by atomic mass is 9.78. The van der Waals surface area contributed by atoms with Gasteiger partial charge in [-0.2, -0.15) is 0 Å². The third-order valence-electron chi connectivity index (χ3n) is 6.83. The minimum absolute atomic E-state index is 0.138. The molecule has 5 nitrogen and oxygen atoms in total. The highest BCUT2D eigenvalue weighted by atomic mass is 16.5. The number of phenols is 2. The minimum Gasteiger partial charge on any atom is -0.508 e. The van der Waals surface area contributed by atoms with Gasteiger partial charge in [-0.25, -0.2) is 0 Å². The van der Waals surface area contributed by atoms with Gasteiger partial charge >= 0.3 is 5.97 Å². The van der Waals surface area contributed by atoms with Crippen molar-refractivity contribution < 1.29 is 24.5 Å². The van der Waals surface area contributed by atoms with E-state index in [9.17, 15) is 15.0 Å². The molecule has 4 aromatic rings. The SMILES string of the molecule is CC(C)(c1ccc(O)cc1)c1ccc(O)cc1.COc1ccc(C(C)(C)c2ccc(OC(C)=O)cc2)cc1. The largest absolute Gasteiger partial charge is 0.508 e. The average molecular weight is 513 g/mol. The molecule has 38 heavy (non-hydrogen) atoms. The van der Waals surface area contributed by atoms with Crippen LogP contribution in [0.1, 0.15) is 56.9 Å². The summed E-state index contributed by atoms with van der Waals surface area (Å²) in [6.45, 7) is 9.96. The Morgan fingerprint density at radius 1 is 0.553 bits per heavy atom. The predicted molar refractivity (Wildman–Crippen MR) is 151 cm³/mol. The molecule has 0 radical (unpaired) electrons. The van der Waals surface area contributed by atoms with E-state index in [0.717, 1.165) is 22.4 Å². The van der Waals surface area contributed by atoms with Crippen LogP contribution >= 0.6 is 0 Å². The monoisotopic (exact) mass is 512 g/mol. The van der Waals surface area contributed by atoms with E-state index in [2.05, 4.69) is 39.8 Å². The Hall–Kier alpha value is -4.25. The number of benzene rings is 4. The summed E-state index contributed by atoms with van der Waals surface area (Å²) < 4.78 is 10.3. The normalized spacial score (nSPS) is 11.2. The molecule has 0 spiro atoms. The summed E-state index contributed by atoms with van der Waals surface area (Å²) in [7, 11) is 1.66. The van der Waals surface area contributed by atoms with Crippen molar-refractivity contribution in [3.8, 4) is 23.0 Å². The third kappa shape index (κ3) is 6.94. The molecule has 0 aliphatic carbocycles. The van der Waals surface area contributed by atoms with Crippen molar-refractivity contribution in [3.05, 3.63) is 119 Å². The maximum atomic E-state index is 10.9. The number of phenolic OH excluding ortho intramolecular Hbond substituents is 2. The first kappa shape index (κ1) is 28.3. The van der Waals surface area contributed by atoms with Gasteiger partial charge in [0.25, 0.3) is 0 Å². The highest BCUT2D eigenvalue weighted by Gasteiger charge is 2.24. The first-order valence-electron chi connectivity index (χ1n) is 12.5. The fraction of sp³-hybridized carbons (Fsp3) is 0.242. The molecule has 0 fully saturated rings. The van der Waals surface area contributed by atoms with Crippen LogP contribution in [0.5, 0.6) is 23.0 Å². The summed E-state index contributed by atoms with van der Waals surface area (Å²) in [5, 5.41) is 18.6. The van der Waals surface area contributed by atoms with Crippen LogP contribution in [0.3, 0.4) is 0 Å². The fourth-order valence-electron chi connectivity index (χ4n) is 4.20. The van der Waals surface area contributed by atoms with E-state index in [1.807, 2.05) is 60.7 Å². The molecule has 2 N–H and O–H groups in total. The van der Waals surface area contributed by atoms with Gasteiger partial charge in [-0.3, -0.25) is 4.79 Å². The zero-order valence-corrected chi connectivity index (χ0v) is 22.9. The number of carbonyl (C=O) groups is 1. The number of ether oxygens (including phenoxy) is 2. The molecule has 4 aromatic carbocycles. The Bertz CT molecular complexity index is 1270. The van der Waals surface area contributed by atoms with Gasteiger partial charge in [0.15, 0.2) is 0 Å². The van der Waals surface area contributed by atoms with Crippen molar-refractivity contribution in [1.29, 1.82) is 0 Å². The van der Waals surface area contributed by atoms with Crippen LogP contribution in [-0.2, 0) is 15.6 Å². The number of rotatable bonds is 6. The van der Waals surface area contributed by atoms with Crippen LogP contribution < -0.4 is 9.47 Å². The topological polar surface area (TPSA) is 76.0 Å². The maximum absolute atomic E-state index is 10.9.